The van der Waals surface area contributed by atoms with E-state index in [1.165, 1.54) is 12.1 Å². The minimum absolute atomic E-state index is 0.0676. The predicted octanol–water partition coefficient (Wildman–Crippen LogP) is 4.21. The number of carbonyl (C=O) groups is 1. The number of benzene rings is 2. The number of ketones is 1. The van der Waals surface area contributed by atoms with Crippen molar-refractivity contribution in [3.05, 3.63) is 69.3 Å². The molecule has 25 heavy (non-hydrogen) atoms. The van der Waals surface area contributed by atoms with Crippen molar-refractivity contribution in [2.24, 2.45) is 0 Å². The quantitative estimate of drug-likeness (QED) is 0.326. The van der Waals surface area contributed by atoms with Crippen molar-refractivity contribution in [1.29, 1.82) is 0 Å². The molecule has 6 heteroatoms. The molecule has 0 saturated heterocycles. The Labute approximate surface area is 145 Å². The highest BCUT2D eigenvalue weighted by atomic mass is 16.6. The molecular formula is C19H19NO5. The van der Waals surface area contributed by atoms with E-state index in [2.05, 4.69) is 0 Å². The fourth-order valence-corrected chi connectivity index (χ4v) is 2.29. The van der Waals surface area contributed by atoms with Crippen molar-refractivity contribution in [1.82, 2.24) is 0 Å². The molecule has 0 radical (unpaired) electrons. The lowest BCUT2D eigenvalue weighted by molar-refractivity contribution is -0.385. The molecule has 0 saturated carbocycles. The summed E-state index contributed by atoms with van der Waals surface area (Å²) in [6.45, 7) is 4.04. The SMILES string of the molecule is CCOc1ccc(/C=C/C(=O)c2ccc(C)c([N+](=O)[O-])c2)cc1OC. The number of hydrogen-bond acceptors (Lipinski definition) is 5. The van der Waals surface area contributed by atoms with Crippen molar-refractivity contribution in [2.75, 3.05) is 13.7 Å². The van der Waals surface area contributed by atoms with E-state index in [1.54, 1.807) is 50.4 Å². The molecule has 0 aliphatic heterocycles. The van der Waals surface area contributed by atoms with Crippen molar-refractivity contribution in [2.45, 2.75) is 13.8 Å². The van der Waals surface area contributed by atoms with Gasteiger partial charge >= 0.3 is 0 Å². The van der Waals surface area contributed by atoms with Gasteiger partial charge in [0.25, 0.3) is 5.69 Å². The number of nitrogens with zero attached hydrogens (tertiary/aromatic N) is 1. The van der Waals surface area contributed by atoms with Crippen molar-refractivity contribution < 1.29 is 19.2 Å². The second-order valence-electron chi connectivity index (χ2n) is 5.30. The monoisotopic (exact) mass is 341 g/mol. The van der Waals surface area contributed by atoms with E-state index in [9.17, 15) is 14.9 Å². The van der Waals surface area contributed by atoms with Gasteiger partial charge in [-0.15, -0.1) is 0 Å². The zero-order chi connectivity index (χ0) is 18.4. The summed E-state index contributed by atoms with van der Waals surface area (Å²) in [5, 5.41) is 11.0. The van der Waals surface area contributed by atoms with Gasteiger partial charge in [0.2, 0.25) is 0 Å². The van der Waals surface area contributed by atoms with E-state index < -0.39 is 4.92 Å². The van der Waals surface area contributed by atoms with Gasteiger partial charge in [-0.05, 0) is 37.6 Å². The maximum atomic E-state index is 12.3. The van der Waals surface area contributed by atoms with Crippen LogP contribution >= 0.6 is 0 Å². The first-order chi connectivity index (χ1) is 12.0. The summed E-state index contributed by atoms with van der Waals surface area (Å²) >= 11 is 0. The summed E-state index contributed by atoms with van der Waals surface area (Å²) in [6.07, 6.45) is 3.01. The zero-order valence-electron chi connectivity index (χ0n) is 14.3. The van der Waals surface area contributed by atoms with Gasteiger partial charge in [-0.3, -0.25) is 14.9 Å². The number of nitro benzene ring substituents is 1. The Balaban J connectivity index is 2.23. The summed E-state index contributed by atoms with van der Waals surface area (Å²) in [6, 6.07) is 9.76. The van der Waals surface area contributed by atoms with E-state index in [0.717, 1.165) is 5.56 Å². The summed E-state index contributed by atoms with van der Waals surface area (Å²) in [5.74, 6) is 0.890. The van der Waals surface area contributed by atoms with E-state index >= 15 is 0 Å². The summed E-state index contributed by atoms with van der Waals surface area (Å²) in [5.41, 5.74) is 1.48. The molecule has 0 atom stereocenters. The molecule has 2 rings (SSSR count). The second-order valence-corrected chi connectivity index (χ2v) is 5.30. The van der Waals surface area contributed by atoms with E-state index in [-0.39, 0.29) is 17.0 Å². The van der Waals surface area contributed by atoms with Crippen molar-refractivity contribution >= 4 is 17.5 Å². The third-order valence-corrected chi connectivity index (χ3v) is 3.61. The van der Waals surface area contributed by atoms with Gasteiger partial charge in [-0.1, -0.05) is 24.3 Å². The fraction of sp³-hybridized carbons (Fsp3) is 0.211. The van der Waals surface area contributed by atoms with Crippen LogP contribution in [0.4, 0.5) is 5.69 Å². The smallest absolute Gasteiger partial charge is 0.273 e. The van der Waals surface area contributed by atoms with Gasteiger partial charge in [-0.25, -0.2) is 0 Å². The van der Waals surface area contributed by atoms with Crippen LogP contribution < -0.4 is 9.47 Å². The van der Waals surface area contributed by atoms with Crippen LogP contribution in [0.1, 0.15) is 28.4 Å². The Morgan fingerprint density at radius 1 is 1.20 bits per heavy atom. The highest BCUT2D eigenvalue weighted by Gasteiger charge is 2.13. The Kier molecular flexibility index (Phi) is 5.89. The van der Waals surface area contributed by atoms with Crippen LogP contribution in [0.3, 0.4) is 0 Å². The van der Waals surface area contributed by atoms with Crippen LogP contribution in [0.2, 0.25) is 0 Å². The molecule has 0 bridgehead atoms. The molecule has 0 amide bonds. The van der Waals surface area contributed by atoms with Crippen LogP contribution in [0.25, 0.3) is 6.08 Å². The lowest BCUT2D eigenvalue weighted by Gasteiger charge is -2.09. The summed E-state index contributed by atoms with van der Waals surface area (Å²) in [4.78, 5) is 22.8. The predicted molar refractivity (Wildman–Crippen MR) is 95.4 cm³/mol. The molecule has 0 aromatic heterocycles. The lowest BCUT2D eigenvalue weighted by Crippen LogP contribution is -1.98. The molecule has 0 heterocycles. The lowest BCUT2D eigenvalue weighted by atomic mass is 10.1. The highest BCUT2D eigenvalue weighted by molar-refractivity contribution is 6.07. The topological polar surface area (TPSA) is 78.7 Å². The third kappa shape index (κ3) is 4.44. The zero-order valence-corrected chi connectivity index (χ0v) is 14.3. The van der Waals surface area contributed by atoms with Gasteiger partial charge in [0.05, 0.1) is 18.6 Å². The molecule has 0 spiro atoms. The molecular weight excluding hydrogens is 322 g/mol. The number of methoxy groups -OCH3 is 1. The minimum Gasteiger partial charge on any atom is -0.493 e. The number of carbonyl (C=O) groups excluding carboxylic acids is 1. The van der Waals surface area contributed by atoms with Crippen LogP contribution in [-0.2, 0) is 0 Å². The second kappa shape index (κ2) is 8.10. The summed E-state index contributed by atoms with van der Waals surface area (Å²) < 4.78 is 10.7. The molecule has 2 aromatic rings. The van der Waals surface area contributed by atoms with Crippen molar-refractivity contribution in [3.8, 4) is 11.5 Å². The highest BCUT2D eigenvalue weighted by Crippen LogP contribution is 2.28. The number of ether oxygens (including phenoxy) is 2. The molecule has 0 fully saturated rings. The number of allylic oxidation sites excluding steroid dienone is 1. The molecule has 130 valence electrons. The van der Waals surface area contributed by atoms with Gasteiger partial charge in [0, 0.05) is 17.2 Å². The largest absolute Gasteiger partial charge is 0.493 e. The van der Waals surface area contributed by atoms with Crippen LogP contribution in [0, 0.1) is 17.0 Å². The number of aryl methyl sites for hydroxylation is 1. The van der Waals surface area contributed by atoms with Crippen LogP contribution in [0.15, 0.2) is 42.5 Å². The Hall–Kier alpha value is -3.15. The van der Waals surface area contributed by atoms with E-state index in [4.69, 9.17) is 9.47 Å². The maximum Gasteiger partial charge on any atom is 0.273 e. The molecule has 0 N–H and O–H groups in total. The number of hydrogen-bond donors (Lipinski definition) is 0. The third-order valence-electron chi connectivity index (χ3n) is 3.61. The minimum atomic E-state index is -0.493. The molecule has 0 aliphatic carbocycles. The van der Waals surface area contributed by atoms with Crippen LogP contribution in [0.5, 0.6) is 11.5 Å². The fourth-order valence-electron chi connectivity index (χ4n) is 2.29. The van der Waals surface area contributed by atoms with Gasteiger partial charge in [-0.2, -0.15) is 0 Å². The first-order valence-electron chi connectivity index (χ1n) is 7.74. The Morgan fingerprint density at radius 2 is 1.96 bits per heavy atom. The van der Waals surface area contributed by atoms with Crippen LogP contribution in [-0.4, -0.2) is 24.4 Å². The normalized spacial score (nSPS) is 10.7. The molecule has 0 aliphatic rings. The first-order valence-corrected chi connectivity index (χ1v) is 7.74. The van der Waals surface area contributed by atoms with Crippen molar-refractivity contribution in [3.63, 3.8) is 0 Å². The molecule has 0 unspecified atom stereocenters. The summed E-state index contributed by atoms with van der Waals surface area (Å²) in [7, 11) is 1.54. The average molecular weight is 341 g/mol. The maximum absolute atomic E-state index is 12.3. The standard InChI is InChI=1S/C19H19NO5/c1-4-25-18-10-7-14(11-19(18)24-3)6-9-17(21)15-8-5-13(2)16(12-15)20(22)23/h5-12H,4H2,1-3H3/b9-6+. The number of nitro groups is 1. The Bertz CT molecular complexity index is 827. The number of rotatable bonds is 7. The molecule has 2 aromatic carbocycles. The average Bonchev–Trinajstić information content (AvgIpc) is 2.60. The van der Waals surface area contributed by atoms with E-state index in [1.807, 2.05) is 6.92 Å². The van der Waals surface area contributed by atoms with Gasteiger partial charge in [0.1, 0.15) is 0 Å². The van der Waals surface area contributed by atoms with Gasteiger partial charge in [0.15, 0.2) is 17.3 Å². The first kappa shape index (κ1) is 18.2. The van der Waals surface area contributed by atoms with Gasteiger partial charge < -0.3 is 9.47 Å². The molecule has 6 nitrogen and oxygen atoms in total. The van der Waals surface area contributed by atoms with E-state index in [0.29, 0.717) is 23.7 Å². The Morgan fingerprint density at radius 3 is 2.60 bits per heavy atom.